The van der Waals surface area contributed by atoms with Gasteiger partial charge in [-0.1, -0.05) is 11.2 Å². The summed E-state index contributed by atoms with van der Waals surface area (Å²) in [4.78, 5) is 6.47. The van der Waals surface area contributed by atoms with Crippen LogP contribution in [0.3, 0.4) is 0 Å². The molecule has 1 unspecified atom stereocenters. The maximum absolute atomic E-state index is 13.4. The smallest absolute Gasteiger partial charge is 0.258 e. The Hall–Kier alpha value is -4.18. The largest absolute Gasteiger partial charge is 0.504 e. The second kappa shape index (κ2) is 9.22. The van der Waals surface area contributed by atoms with Crippen LogP contribution in [-0.2, 0) is 6.54 Å². The van der Waals surface area contributed by atoms with Gasteiger partial charge in [-0.05, 0) is 73.2 Å². The number of methoxy groups -OCH3 is 1. The second-order valence-corrected chi connectivity index (χ2v) is 8.30. The van der Waals surface area contributed by atoms with E-state index in [0.717, 1.165) is 17.0 Å². The van der Waals surface area contributed by atoms with Gasteiger partial charge in [-0.2, -0.15) is 4.98 Å². The standard InChI is InChI=1S/C25H21FN4O4S/c1-14-21(24-28-23(29-34-24)15-5-8-17(26)9-6-15)22(16-7-10-20(32-2)19(31)12-16)27-25(35)30(14)13-18-4-3-11-33-18/h3-12,22,31H,13H2,1-2H3,(H,27,35). The molecule has 0 saturated heterocycles. The van der Waals surface area contributed by atoms with Crippen LogP contribution in [0.5, 0.6) is 11.5 Å². The fraction of sp³-hybridized carbons (Fsp3) is 0.160. The summed E-state index contributed by atoms with van der Waals surface area (Å²) < 4.78 is 29.7. The van der Waals surface area contributed by atoms with E-state index in [0.29, 0.717) is 34.4 Å². The molecule has 0 amide bonds. The van der Waals surface area contributed by atoms with Crippen molar-refractivity contribution in [3.63, 3.8) is 0 Å². The minimum Gasteiger partial charge on any atom is -0.504 e. The molecule has 0 fully saturated rings. The minimum atomic E-state index is -0.492. The molecule has 0 radical (unpaired) electrons. The Labute approximate surface area is 205 Å². The molecule has 2 aromatic carbocycles. The molecule has 1 aliphatic heterocycles. The maximum Gasteiger partial charge on any atom is 0.258 e. The molecule has 1 aliphatic rings. The molecule has 35 heavy (non-hydrogen) atoms. The summed E-state index contributed by atoms with van der Waals surface area (Å²) in [5.74, 6) is 1.30. The summed E-state index contributed by atoms with van der Waals surface area (Å²) in [7, 11) is 1.49. The third-order valence-electron chi connectivity index (χ3n) is 5.79. The molecule has 0 spiro atoms. The fourth-order valence-electron chi connectivity index (χ4n) is 3.99. The van der Waals surface area contributed by atoms with E-state index in [9.17, 15) is 9.50 Å². The Balaban J connectivity index is 1.60. The van der Waals surface area contributed by atoms with Crippen molar-refractivity contribution in [2.45, 2.75) is 19.5 Å². The molecular formula is C25H21FN4O4S. The number of phenolic OH excluding ortho intramolecular Hbond substituents is 1. The van der Waals surface area contributed by atoms with Gasteiger partial charge >= 0.3 is 0 Å². The lowest BCUT2D eigenvalue weighted by molar-refractivity contribution is 0.371. The topological polar surface area (TPSA) is 96.8 Å². The fourth-order valence-corrected chi connectivity index (χ4v) is 4.31. The highest BCUT2D eigenvalue weighted by molar-refractivity contribution is 7.80. The number of furan rings is 1. The number of halogens is 1. The molecule has 3 heterocycles. The van der Waals surface area contributed by atoms with Crippen LogP contribution in [0.15, 0.2) is 75.5 Å². The molecule has 2 N–H and O–H groups in total. The Morgan fingerprint density at radius 1 is 1.20 bits per heavy atom. The highest BCUT2D eigenvalue weighted by atomic mass is 32.1. The summed E-state index contributed by atoms with van der Waals surface area (Å²) in [6.45, 7) is 2.30. The molecular weight excluding hydrogens is 471 g/mol. The molecule has 1 atom stereocenters. The number of hydrogen-bond acceptors (Lipinski definition) is 7. The first-order valence-electron chi connectivity index (χ1n) is 10.7. The average molecular weight is 493 g/mol. The van der Waals surface area contributed by atoms with Gasteiger partial charge in [-0.3, -0.25) is 0 Å². The van der Waals surface area contributed by atoms with E-state index in [4.69, 9.17) is 25.9 Å². The number of hydrogen-bond donors (Lipinski definition) is 2. The number of ether oxygens (including phenoxy) is 1. The van der Waals surface area contributed by atoms with Gasteiger partial charge in [0.15, 0.2) is 16.6 Å². The summed E-state index contributed by atoms with van der Waals surface area (Å²) in [5, 5.41) is 18.3. The Morgan fingerprint density at radius 3 is 2.69 bits per heavy atom. The van der Waals surface area contributed by atoms with Crippen molar-refractivity contribution < 1.29 is 23.2 Å². The van der Waals surface area contributed by atoms with Gasteiger partial charge in [0, 0.05) is 11.3 Å². The third kappa shape index (κ3) is 4.35. The van der Waals surface area contributed by atoms with Crippen LogP contribution in [0.2, 0.25) is 0 Å². The second-order valence-electron chi connectivity index (χ2n) is 7.91. The normalized spacial score (nSPS) is 15.9. The molecule has 8 nitrogen and oxygen atoms in total. The molecule has 178 valence electrons. The van der Waals surface area contributed by atoms with Crippen LogP contribution in [0.25, 0.3) is 17.0 Å². The van der Waals surface area contributed by atoms with Crippen LogP contribution >= 0.6 is 12.2 Å². The zero-order valence-electron chi connectivity index (χ0n) is 18.9. The lowest BCUT2D eigenvalue weighted by Gasteiger charge is -2.37. The predicted octanol–water partition coefficient (Wildman–Crippen LogP) is 5.05. The van der Waals surface area contributed by atoms with Crippen molar-refractivity contribution in [2.24, 2.45) is 0 Å². The molecule has 0 bridgehead atoms. The quantitative estimate of drug-likeness (QED) is 0.359. The van der Waals surface area contributed by atoms with Gasteiger partial charge in [0.1, 0.15) is 11.6 Å². The molecule has 2 aromatic heterocycles. The summed E-state index contributed by atoms with van der Waals surface area (Å²) in [5.41, 5.74) is 2.79. The van der Waals surface area contributed by atoms with Crippen LogP contribution < -0.4 is 10.1 Å². The first-order valence-corrected chi connectivity index (χ1v) is 11.1. The third-order valence-corrected chi connectivity index (χ3v) is 6.12. The van der Waals surface area contributed by atoms with Crippen LogP contribution in [0, 0.1) is 5.82 Å². The number of benzene rings is 2. The van der Waals surface area contributed by atoms with Crippen molar-refractivity contribution >= 4 is 22.9 Å². The number of rotatable bonds is 6. The minimum absolute atomic E-state index is 0.00901. The van der Waals surface area contributed by atoms with Gasteiger partial charge < -0.3 is 29.0 Å². The molecule has 10 heteroatoms. The van der Waals surface area contributed by atoms with E-state index < -0.39 is 6.04 Å². The van der Waals surface area contributed by atoms with E-state index in [1.54, 1.807) is 30.5 Å². The summed E-state index contributed by atoms with van der Waals surface area (Å²) in [6, 6.07) is 14.1. The van der Waals surface area contributed by atoms with E-state index in [1.807, 2.05) is 30.0 Å². The number of aromatic nitrogens is 2. The number of allylic oxidation sites excluding steroid dienone is 1. The van der Waals surface area contributed by atoms with Crippen molar-refractivity contribution in [2.75, 3.05) is 7.11 Å². The van der Waals surface area contributed by atoms with Gasteiger partial charge in [-0.15, -0.1) is 0 Å². The number of phenols is 1. The average Bonchev–Trinajstić information content (AvgIpc) is 3.54. The predicted molar refractivity (Wildman–Crippen MR) is 130 cm³/mol. The van der Waals surface area contributed by atoms with Gasteiger partial charge in [0.2, 0.25) is 5.82 Å². The van der Waals surface area contributed by atoms with Gasteiger partial charge in [-0.25, -0.2) is 4.39 Å². The molecule has 0 saturated carbocycles. The molecule has 0 aliphatic carbocycles. The van der Waals surface area contributed by atoms with E-state index >= 15 is 0 Å². The molecule has 5 rings (SSSR count). The summed E-state index contributed by atoms with van der Waals surface area (Å²) >= 11 is 5.68. The van der Waals surface area contributed by atoms with E-state index in [-0.39, 0.29) is 17.5 Å². The zero-order chi connectivity index (χ0) is 24.5. The van der Waals surface area contributed by atoms with Gasteiger partial charge in [0.25, 0.3) is 5.89 Å². The van der Waals surface area contributed by atoms with Crippen molar-refractivity contribution in [3.05, 3.63) is 89.6 Å². The number of aromatic hydroxyl groups is 1. The van der Waals surface area contributed by atoms with Gasteiger partial charge in [0.05, 0.1) is 31.5 Å². The Kier molecular flexibility index (Phi) is 5.96. The van der Waals surface area contributed by atoms with Crippen molar-refractivity contribution in [1.82, 2.24) is 20.4 Å². The lowest BCUT2D eigenvalue weighted by Crippen LogP contribution is -2.45. The number of nitrogens with zero attached hydrogens (tertiary/aromatic N) is 3. The Morgan fingerprint density at radius 2 is 2.00 bits per heavy atom. The zero-order valence-corrected chi connectivity index (χ0v) is 19.7. The Bertz CT molecular complexity index is 1400. The monoisotopic (exact) mass is 492 g/mol. The van der Waals surface area contributed by atoms with Crippen LogP contribution in [0.4, 0.5) is 4.39 Å². The van der Waals surface area contributed by atoms with Crippen LogP contribution in [0.1, 0.15) is 30.2 Å². The first-order chi connectivity index (χ1) is 16.9. The molecule has 4 aromatic rings. The van der Waals surface area contributed by atoms with Crippen molar-refractivity contribution in [3.8, 4) is 22.9 Å². The maximum atomic E-state index is 13.4. The highest BCUT2D eigenvalue weighted by Crippen LogP contribution is 2.40. The van der Waals surface area contributed by atoms with E-state index in [1.165, 1.54) is 19.2 Å². The van der Waals surface area contributed by atoms with Crippen LogP contribution in [-0.4, -0.2) is 32.4 Å². The van der Waals surface area contributed by atoms with E-state index in [2.05, 4.69) is 15.5 Å². The van der Waals surface area contributed by atoms with Crippen molar-refractivity contribution in [1.29, 1.82) is 0 Å². The highest BCUT2D eigenvalue weighted by Gasteiger charge is 2.34. The SMILES string of the molecule is COc1ccc(C2NC(=S)N(Cc3ccco3)C(C)=C2c2nc(-c3ccc(F)cc3)no2)cc1O. The lowest BCUT2D eigenvalue weighted by atomic mass is 9.94. The summed E-state index contributed by atoms with van der Waals surface area (Å²) in [6.07, 6.45) is 1.60. The number of thiocarbonyl (C=S) groups is 1. The first kappa shape index (κ1) is 22.6. The number of nitrogens with one attached hydrogen (secondary N) is 1.